The molecule has 6 nitrogen and oxygen atoms in total. The molecule has 0 aliphatic rings. The van der Waals surface area contributed by atoms with Gasteiger partial charge in [0.05, 0.1) is 5.69 Å². The summed E-state index contributed by atoms with van der Waals surface area (Å²) < 4.78 is 1.58. The number of benzene rings is 1. The second-order valence-electron chi connectivity index (χ2n) is 5.96. The number of amides is 1. The van der Waals surface area contributed by atoms with E-state index in [-0.39, 0.29) is 5.91 Å². The van der Waals surface area contributed by atoms with Crippen LogP contribution < -0.4 is 5.32 Å². The third kappa shape index (κ3) is 3.68. The van der Waals surface area contributed by atoms with Crippen molar-refractivity contribution in [3.8, 4) is 11.3 Å². The van der Waals surface area contributed by atoms with Crippen molar-refractivity contribution in [2.75, 3.05) is 5.32 Å². The minimum absolute atomic E-state index is 0.237. The van der Waals surface area contributed by atoms with Gasteiger partial charge in [-0.05, 0) is 12.0 Å². The lowest BCUT2D eigenvalue weighted by atomic mass is 10.1. The van der Waals surface area contributed by atoms with Gasteiger partial charge in [-0.1, -0.05) is 55.5 Å². The van der Waals surface area contributed by atoms with Gasteiger partial charge in [0.15, 0.2) is 0 Å². The van der Waals surface area contributed by atoms with Gasteiger partial charge in [-0.25, -0.2) is 0 Å². The molecule has 124 valence electrons. The highest BCUT2D eigenvalue weighted by molar-refractivity contribution is 7.15. The summed E-state index contributed by atoms with van der Waals surface area (Å²) in [7, 11) is 1.76. The van der Waals surface area contributed by atoms with Crippen LogP contribution in [0.5, 0.6) is 0 Å². The van der Waals surface area contributed by atoms with Crippen LogP contribution in [0.3, 0.4) is 0 Å². The van der Waals surface area contributed by atoms with Crippen molar-refractivity contribution < 1.29 is 4.79 Å². The standard InChI is InChI=1S/C17H19N5OS/c1-11(2)9-15-19-20-17(24-15)18-16(23)14-10-13(21-22(14)3)12-7-5-4-6-8-12/h4-8,10-11H,9H2,1-3H3,(H,18,20,23). The second kappa shape index (κ2) is 6.92. The van der Waals surface area contributed by atoms with Crippen LogP contribution in [-0.4, -0.2) is 25.9 Å². The molecule has 1 amide bonds. The maximum Gasteiger partial charge on any atom is 0.275 e. The monoisotopic (exact) mass is 341 g/mol. The van der Waals surface area contributed by atoms with Crippen molar-refractivity contribution in [2.24, 2.45) is 13.0 Å². The highest BCUT2D eigenvalue weighted by Crippen LogP contribution is 2.21. The van der Waals surface area contributed by atoms with Gasteiger partial charge >= 0.3 is 0 Å². The van der Waals surface area contributed by atoms with Gasteiger partial charge in [-0.15, -0.1) is 10.2 Å². The lowest BCUT2D eigenvalue weighted by Crippen LogP contribution is -2.15. The number of rotatable bonds is 5. The maximum atomic E-state index is 12.5. The van der Waals surface area contributed by atoms with E-state index >= 15 is 0 Å². The third-order valence-electron chi connectivity index (χ3n) is 3.45. The predicted octanol–water partition coefficient (Wildman–Crippen LogP) is 3.39. The summed E-state index contributed by atoms with van der Waals surface area (Å²) >= 11 is 1.41. The third-order valence-corrected chi connectivity index (χ3v) is 4.31. The zero-order valence-electron chi connectivity index (χ0n) is 13.9. The summed E-state index contributed by atoms with van der Waals surface area (Å²) in [6, 6.07) is 11.5. The zero-order valence-corrected chi connectivity index (χ0v) is 14.7. The molecule has 0 saturated carbocycles. The minimum atomic E-state index is -0.237. The average molecular weight is 341 g/mol. The quantitative estimate of drug-likeness (QED) is 0.772. The number of aromatic nitrogens is 4. The van der Waals surface area contributed by atoms with Crippen molar-refractivity contribution >= 4 is 22.4 Å². The van der Waals surface area contributed by atoms with Gasteiger partial charge in [0.1, 0.15) is 10.7 Å². The Morgan fingerprint density at radius 2 is 2.00 bits per heavy atom. The molecule has 0 unspecified atom stereocenters. The predicted molar refractivity (Wildman–Crippen MR) is 95.0 cm³/mol. The topological polar surface area (TPSA) is 72.7 Å². The van der Waals surface area contributed by atoms with E-state index in [9.17, 15) is 4.79 Å². The maximum absolute atomic E-state index is 12.5. The summed E-state index contributed by atoms with van der Waals surface area (Å²) in [4.78, 5) is 12.5. The normalized spacial score (nSPS) is 11.0. The number of carbonyl (C=O) groups is 1. The van der Waals surface area contributed by atoms with E-state index < -0.39 is 0 Å². The molecule has 0 bridgehead atoms. The number of nitrogens with one attached hydrogen (secondary N) is 1. The summed E-state index contributed by atoms with van der Waals surface area (Å²) in [6.45, 7) is 4.25. The molecule has 3 aromatic rings. The molecule has 0 saturated heterocycles. The lowest BCUT2D eigenvalue weighted by Gasteiger charge is -2.00. The minimum Gasteiger partial charge on any atom is -0.295 e. The summed E-state index contributed by atoms with van der Waals surface area (Å²) in [5.41, 5.74) is 2.22. The SMILES string of the molecule is CC(C)Cc1nnc(NC(=O)c2cc(-c3ccccc3)nn2C)s1. The Morgan fingerprint density at radius 1 is 1.25 bits per heavy atom. The first-order chi connectivity index (χ1) is 11.5. The molecule has 2 heterocycles. The fraction of sp³-hybridized carbons (Fsp3) is 0.294. The molecule has 0 radical (unpaired) electrons. The van der Waals surface area contributed by atoms with Crippen LogP contribution in [0.15, 0.2) is 36.4 Å². The Bertz CT molecular complexity index is 838. The Kier molecular flexibility index (Phi) is 4.71. The van der Waals surface area contributed by atoms with Crippen molar-refractivity contribution in [2.45, 2.75) is 20.3 Å². The molecule has 0 aliphatic carbocycles. The molecule has 7 heteroatoms. The van der Waals surface area contributed by atoms with Crippen molar-refractivity contribution in [1.29, 1.82) is 0 Å². The number of hydrogen-bond donors (Lipinski definition) is 1. The molecule has 0 fully saturated rings. The van der Waals surface area contributed by atoms with E-state index in [0.29, 0.717) is 16.7 Å². The van der Waals surface area contributed by atoms with Crippen LogP contribution in [0.2, 0.25) is 0 Å². The van der Waals surface area contributed by atoms with Crippen molar-refractivity contribution in [1.82, 2.24) is 20.0 Å². The van der Waals surface area contributed by atoms with E-state index in [4.69, 9.17) is 0 Å². The van der Waals surface area contributed by atoms with Gasteiger partial charge in [0, 0.05) is 19.0 Å². The molecule has 1 N–H and O–H groups in total. The van der Waals surface area contributed by atoms with E-state index in [1.165, 1.54) is 11.3 Å². The van der Waals surface area contributed by atoms with Gasteiger partial charge in [-0.2, -0.15) is 5.10 Å². The van der Waals surface area contributed by atoms with Crippen LogP contribution >= 0.6 is 11.3 Å². The molecule has 0 aliphatic heterocycles. The number of carbonyl (C=O) groups excluding carboxylic acids is 1. The Balaban J connectivity index is 1.76. The fourth-order valence-corrected chi connectivity index (χ4v) is 3.27. The van der Waals surface area contributed by atoms with Crippen LogP contribution in [0.25, 0.3) is 11.3 Å². The van der Waals surface area contributed by atoms with Gasteiger partial charge < -0.3 is 0 Å². The largest absolute Gasteiger partial charge is 0.295 e. The Labute approximate surface area is 144 Å². The number of aryl methyl sites for hydroxylation is 1. The first kappa shape index (κ1) is 16.3. The molecule has 1 aromatic carbocycles. The first-order valence-electron chi connectivity index (χ1n) is 7.76. The van der Waals surface area contributed by atoms with Crippen molar-refractivity contribution in [3.63, 3.8) is 0 Å². The molecule has 0 spiro atoms. The number of nitrogens with zero attached hydrogens (tertiary/aromatic N) is 4. The van der Waals surface area contributed by atoms with Gasteiger partial charge in [0.25, 0.3) is 5.91 Å². The first-order valence-corrected chi connectivity index (χ1v) is 8.58. The van der Waals surface area contributed by atoms with Gasteiger partial charge in [-0.3, -0.25) is 14.8 Å². The molecule has 0 atom stereocenters. The van der Waals surface area contributed by atoms with E-state index in [2.05, 4.69) is 34.5 Å². The Hall–Kier alpha value is -2.54. The summed E-state index contributed by atoms with van der Waals surface area (Å²) in [5.74, 6) is 0.270. The van der Waals surface area contributed by atoms with Crippen molar-refractivity contribution in [3.05, 3.63) is 47.1 Å². The highest BCUT2D eigenvalue weighted by Gasteiger charge is 2.16. The van der Waals surface area contributed by atoms with E-state index in [0.717, 1.165) is 22.7 Å². The average Bonchev–Trinajstić information content (AvgIpc) is 3.14. The fourth-order valence-electron chi connectivity index (χ4n) is 2.33. The molecule has 3 rings (SSSR count). The molecular weight excluding hydrogens is 322 g/mol. The second-order valence-corrected chi connectivity index (χ2v) is 7.02. The number of anilines is 1. The Morgan fingerprint density at radius 3 is 2.71 bits per heavy atom. The lowest BCUT2D eigenvalue weighted by molar-refractivity contribution is 0.101. The van der Waals surface area contributed by atoms with Crippen LogP contribution in [0.4, 0.5) is 5.13 Å². The van der Waals surface area contributed by atoms with E-state index in [1.807, 2.05) is 30.3 Å². The zero-order chi connectivity index (χ0) is 17.1. The van der Waals surface area contributed by atoms with Crippen LogP contribution in [0, 0.1) is 5.92 Å². The van der Waals surface area contributed by atoms with Gasteiger partial charge in [0.2, 0.25) is 5.13 Å². The molecular formula is C17H19N5OS. The summed E-state index contributed by atoms with van der Waals surface area (Å²) in [6.07, 6.45) is 0.859. The smallest absolute Gasteiger partial charge is 0.275 e. The molecule has 24 heavy (non-hydrogen) atoms. The molecule has 2 aromatic heterocycles. The summed E-state index contributed by atoms with van der Waals surface area (Å²) in [5, 5.41) is 16.8. The van der Waals surface area contributed by atoms with E-state index in [1.54, 1.807) is 17.8 Å². The highest BCUT2D eigenvalue weighted by atomic mass is 32.1. The number of hydrogen-bond acceptors (Lipinski definition) is 5. The van der Waals surface area contributed by atoms with Crippen LogP contribution in [-0.2, 0) is 13.5 Å². The van der Waals surface area contributed by atoms with Crippen LogP contribution in [0.1, 0.15) is 29.3 Å².